The highest BCUT2D eigenvalue weighted by Crippen LogP contribution is 2.25. The first-order valence-electron chi connectivity index (χ1n) is 7.48. The van der Waals surface area contributed by atoms with Crippen LogP contribution in [-0.4, -0.2) is 31.3 Å². The third kappa shape index (κ3) is 5.31. The van der Waals surface area contributed by atoms with Crippen molar-refractivity contribution in [2.24, 2.45) is 0 Å². The molecule has 24 heavy (non-hydrogen) atoms. The minimum Gasteiger partial charge on any atom is -0.468 e. The van der Waals surface area contributed by atoms with Crippen LogP contribution >= 0.6 is 11.8 Å². The number of nitrogens with one attached hydrogen (secondary N) is 1. The Morgan fingerprint density at radius 1 is 1.00 bits per heavy atom. The van der Waals surface area contributed by atoms with Gasteiger partial charge in [-0.15, -0.1) is 11.8 Å². The zero-order valence-electron chi connectivity index (χ0n) is 13.6. The van der Waals surface area contributed by atoms with Crippen molar-refractivity contribution in [2.45, 2.75) is 11.8 Å². The fraction of sp³-hybridized carbons (Fsp3) is 0.222. The number of hydrogen-bond donors (Lipinski definition) is 1. The van der Waals surface area contributed by atoms with Crippen LogP contribution in [0, 0.1) is 0 Å². The maximum Gasteiger partial charge on any atom is 0.325 e. The minimum absolute atomic E-state index is 0.157. The molecule has 0 heterocycles. The quantitative estimate of drug-likeness (QED) is 0.615. The molecule has 6 heteroatoms. The molecule has 0 aromatic heterocycles. The summed E-state index contributed by atoms with van der Waals surface area (Å²) in [6.07, 6.45) is 0. The number of thioether (sulfide) groups is 1. The van der Waals surface area contributed by atoms with Gasteiger partial charge in [0.2, 0.25) is 0 Å². The smallest absolute Gasteiger partial charge is 0.325 e. The van der Waals surface area contributed by atoms with Crippen LogP contribution < -0.4 is 10.1 Å². The van der Waals surface area contributed by atoms with E-state index >= 15 is 0 Å². The lowest BCUT2D eigenvalue weighted by Crippen LogP contribution is -2.30. The van der Waals surface area contributed by atoms with Gasteiger partial charge in [-0.25, -0.2) is 0 Å². The Hall–Kier alpha value is -2.47. The van der Waals surface area contributed by atoms with Crippen molar-refractivity contribution in [3.63, 3.8) is 0 Å². The summed E-state index contributed by atoms with van der Waals surface area (Å²) in [7, 11) is 1.27. The Balaban J connectivity index is 1.93. The predicted octanol–water partition coefficient (Wildman–Crippen LogP) is 3.49. The second kappa shape index (κ2) is 8.98. The van der Waals surface area contributed by atoms with Crippen molar-refractivity contribution in [3.05, 3.63) is 54.1 Å². The molecule has 0 saturated carbocycles. The second-order valence-electron chi connectivity index (χ2n) is 4.79. The largest absolute Gasteiger partial charge is 0.468 e. The number of benzene rings is 2. The van der Waals surface area contributed by atoms with Gasteiger partial charge in [0.15, 0.2) is 0 Å². The molecule has 0 fully saturated rings. The number of ether oxygens (including phenoxy) is 2. The third-order valence-electron chi connectivity index (χ3n) is 3.11. The lowest BCUT2D eigenvalue weighted by atomic mass is 10.2. The summed E-state index contributed by atoms with van der Waals surface area (Å²) in [5.74, 6) is 1.56. The first-order chi connectivity index (χ1) is 11.6. The van der Waals surface area contributed by atoms with Crippen LogP contribution in [0.1, 0.15) is 17.3 Å². The summed E-state index contributed by atoms with van der Waals surface area (Å²) in [4.78, 5) is 24.1. The first-order valence-corrected chi connectivity index (χ1v) is 8.46. The van der Waals surface area contributed by atoms with Gasteiger partial charge < -0.3 is 14.8 Å². The molecule has 0 spiro atoms. The standard InChI is InChI=1S/C18H19NO4S/c1-3-24-16-10-8-15(9-11-16)23-14-6-4-13(5-7-14)18(21)19-12-17(20)22-2/h4-11H,3,12H2,1-2H3,(H,19,21). The number of carbonyl (C=O) groups excluding carboxylic acids is 2. The number of methoxy groups -OCH3 is 1. The summed E-state index contributed by atoms with van der Waals surface area (Å²) >= 11 is 1.77. The van der Waals surface area contributed by atoms with Crippen LogP contribution in [0.25, 0.3) is 0 Å². The van der Waals surface area contributed by atoms with Crippen molar-refractivity contribution < 1.29 is 19.1 Å². The van der Waals surface area contributed by atoms with Gasteiger partial charge in [0.25, 0.3) is 5.91 Å². The van der Waals surface area contributed by atoms with Gasteiger partial charge in [0.1, 0.15) is 18.0 Å². The Morgan fingerprint density at radius 3 is 2.12 bits per heavy atom. The van der Waals surface area contributed by atoms with Crippen molar-refractivity contribution >= 4 is 23.6 Å². The molecule has 0 aliphatic carbocycles. The summed E-state index contributed by atoms with van der Waals surface area (Å²) in [5, 5.41) is 2.48. The Labute approximate surface area is 145 Å². The van der Waals surface area contributed by atoms with Crippen LogP contribution in [0.2, 0.25) is 0 Å². The summed E-state index contributed by atoms with van der Waals surface area (Å²) in [5.41, 5.74) is 0.445. The molecule has 0 unspecified atom stereocenters. The lowest BCUT2D eigenvalue weighted by molar-refractivity contribution is -0.139. The maximum atomic E-state index is 11.9. The topological polar surface area (TPSA) is 64.6 Å². The molecule has 1 N–H and O–H groups in total. The Bertz CT molecular complexity index is 683. The van der Waals surface area contributed by atoms with E-state index in [0.717, 1.165) is 11.5 Å². The fourth-order valence-electron chi connectivity index (χ4n) is 1.91. The van der Waals surface area contributed by atoms with Gasteiger partial charge in [0, 0.05) is 10.5 Å². The Kier molecular flexibility index (Phi) is 6.69. The zero-order valence-corrected chi connectivity index (χ0v) is 14.4. The van der Waals surface area contributed by atoms with Crippen LogP contribution in [0.4, 0.5) is 0 Å². The minimum atomic E-state index is -0.493. The first kappa shape index (κ1) is 17.9. The molecule has 0 bridgehead atoms. The van der Waals surface area contributed by atoms with E-state index in [-0.39, 0.29) is 12.5 Å². The summed E-state index contributed by atoms with van der Waals surface area (Å²) in [6.45, 7) is 1.95. The van der Waals surface area contributed by atoms with Crippen molar-refractivity contribution in [1.29, 1.82) is 0 Å². The maximum absolute atomic E-state index is 11.9. The molecule has 5 nitrogen and oxygen atoms in total. The average molecular weight is 345 g/mol. The highest BCUT2D eigenvalue weighted by atomic mass is 32.2. The number of rotatable bonds is 7. The van der Waals surface area contributed by atoms with Crippen molar-refractivity contribution in [2.75, 3.05) is 19.4 Å². The van der Waals surface area contributed by atoms with E-state index in [1.165, 1.54) is 12.0 Å². The number of hydrogen-bond acceptors (Lipinski definition) is 5. The van der Waals surface area contributed by atoms with E-state index in [4.69, 9.17) is 4.74 Å². The van der Waals surface area contributed by atoms with E-state index in [2.05, 4.69) is 17.0 Å². The summed E-state index contributed by atoms with van der Waals surface area (Å²) in [6, 6.07) is 14.6. The molecule has 2 aromatic rings. The van der Waals surface area contributed by atoms with Crippen molar-refractivity contribution in [3.8, 4) is 11.5 Å². The van der Waals surface area contributed by atoms with Gasteiger partial charge in [0.05, 0.1) is 7.11 Å². The van der Waals surface area contributed by atoms with E-state index in [1.807, 2.05) is 24.3 Å². The highest BCUT2D eigenvalue weighted by Gasteiger charge is 2.08. The van der Waals surface area contributed by atoms with Crippen LogP contribution in [0.5, 0.6) is 11.5 Å². The number of carbonyl (C=O) groups is 2. The van der Waals surface area contributed by atoms with Gasteiger partial charge >= 0.3 is 5.97 Å². The molecule has 0 aliphatic rings. The monoisotopic (exact) mass is 345 g/mol. The van der Waals surface area contributed by atoms with Gasteiger partial charge in [-0.2, -0.15) is 0 Å². The van der Waals surface area contributed by atoms with E-state index in [1.54, 1.807) is 36.0 Å². The van der Waals surface area contributed by atoms with E-state index in [9.17, 15) is 9.59 Å². The van der Waals surface area contributed by atoms with Gasteiger partial charge in [-0.1, -0.05) is 6.92 Å². The average Bonchev–Trinajstić information content (AvgIpc) is 2.62. The number of amides is 1. The SMILES string of the molecule is CCSc1ccc(Oc2ccc(C(=O)NCC(=O)OC)cc2)cc1. The van der Waals surface area contributed by atoms with Crippen LogP contribution in [0.3, 0.4) is 0 Å². The molecule has 1 amide bonds. The molecule has 0 saturated heterocycles. The normalized spacial score (nSPS) is 10.1. The van der Waals surface area contributed by atoms with E-state index < -0.39 is 5.97 Å². The zero-order chi connectivity index (χ0) is 17.4. The fourth-order valence-corrected chi connectivity index (χ4v) is 2.57. The molecule has 0 atom stereocenters. The second-order valence-corrected chi connectivity index (χ2v) is 6.13. The molecular weight excluding hydrogens is 326 g/mol. The Morgan fingerprint density at radius 2 is 1.58 bits per heavy atom. The van der Waals surface area contributed by atoms with Crippen LogP contribution in [-0.2, 0) is 9.53 Å². The number of esters is 1. The molecule has 126 valence electrons. The van der Waals surface area contributed by atoms with Gasteiger partial charge in [-0.05, 0) is 54.3 Å². The predicted molar refractivity (Wildman–Crippen MR) is 93.7 cm³/mol. The molecule has 2 aromatic carbocycles. The lowest BCUT2D eigenvalue weighted by Gasteiger charge is -2.08. The molecular formula is C18H19NO4S. The third-order valence-corrected chi connectivity index (χ3v) is 4.00. The van der Waals surface area contributed by atoms with Crippen molar-refractivity contribution in [1.82, 2.24) is 5.32 Å². The molecule has 0 radical (unpaired) electrons. The van der Waals surface area contributed by atoms with Gasteiger partial charge in [-0.3, -0.25) is 9.59 Å². The summed E-state index contributed by atoms with van der Waals surface area (Å²) < 4.78 is 10.2. The molecule has 2 rings (SSSR count). The van der Waals surface area contributed by atoms with E-state index in [0.29, 0.717) is 11.3 Å². The highest BCUT2D eigenvalue weighted by molar-refractivity contribution is 7.99. The van der Waals surface area contributed by atoms with Crippen LogP contribution in [0.15, 0.2) is 53.4 Å². The molecule has 0 aliphatic heterocycles.